The fraction of sp³-hybridized carbons (Fsp3) is 0.250. The van der Waals surface area contributed by atoms with Crippen LogP contribution in [0, 0.1) is 6.92 Å². The van der Waals surface area contributed by atoms with Crippen molar-refractivity contribution >= 4 is 28.3 Å². The smallest absolute Gasteiger partial charge is 0.416 e. The molecule has 4 rings (SSSR count). The van der Waals surface area contributed by atoms with Crippen LogP contribution in [-0.2, 0) is 6.18 Å². The van der Waals surface area contributed by atoms with Gasteiger partial charge >= 0.3 is 12.2 Å². The lowest BCUT2D eigenvalue weighted by atomic mass is 10.1. The monoisotopic (exact) mass is 434 g/mol. The zero-order chi connectivity index (χ0) is 21.3. The average Bonchev–Trinajstić information content (AvgIpc) is 3.00. The topological polar surface area (TPSA) is 67.4 Å². The molecule has 2 amide bonds. The number of carbonyl (C=O) groups is 1. The van der Waals surface area contributed by atoms with Gasteiger partial charge in [-0.15, -0.1) is 11.3 Å². The van der Waals surface area contributed by atoms with E-state index in [0.29, 0.717) is 41.7 Å². The molecular formula is C20H17F3N4O2S. The van der Waals surface area contributed by atoms with E-state index in [1.54, 1.807) is 18.2 Å². The molecule has 1 aliphatic rings. The number of pyridine rings is 1. The number of halogens is 3. The van der Waals surface area contributed by atoms with Crippen LogP contribution in [0.25, 0.3) is 11.3 Å². The number of carbonyl (C=O) groups excluding carboxylic acids is 1. The molecule has 1 N–H and O–H groups in total. The minimum atomic E-state index is -4.46. The molecular weight excluding hydrogens is 417 g/mol. The summed E-state index contributed by atoms with van der Waals surface area (Å²) in [4.78, 5) is 23.0. The number of nitrogens with one attached hydrogen (secondary N) is 1. The van der Waals surface area contributed by atoms with Crippen LogP contribution in [-0.4, -0.2) is 29.2 Å². The van der Waals surface area contributed by atoms with Crippen molar-refractivity contribution in [3.8, 4) is 17.0 Å². The van der Waals surface area contributed by atoms with Crippen molar-refractivity contribution in [1.82, 2.24) is 9.97 Å². The van der Waals surface area contributed by atoms with Crippen molar-refractivity contribution in [2.75, 3.05) is 23.4 Å². The van der Waals surface area contributed by atoms with Gasteiger partial charge in [0.15, 0.2) is 16.7 Å². The van der Waals surface area contributed by atoms with E-state index in [2.05, 4.69) is 15.3 Å². The van der Waals surface area contributed by atoms with Crippen molar-refractivity contribution in [2.24, 2.45) is 0 Å². The van der Waals surface area contributed by atoms with Gasteiger partial charge in [0.05, 0.1) is 23.6 Å². The lowest BCUT2D eigenvalue weighted by Crippen LogP contribution is -2.36. The van der Waals surface area contributed by atoms with Gasteiger partial charge in [0.2, 0.25) is 0 Å². The van der Waals surface area contributed by atoms with Crippen LogP contribution in [0.5, 0.6) is 5.75 Å². The first kappa shape index (κ1) is 20.1. The summed E-state index contributed by atoms with van der Waals surface area (Å²) in [6.07, 6.45) is -3.87. The Morgan fingerprint density at radius 2 is 2.07 bits per heavy atom. The molecule has 0 aliphatic carbocycles. The highest BCUT2D eigenvalue weighted by Gasteiger charge is 2.31. The second-order valence-corrected chi connectivity index (χ2v) is 7.53. The molecule has 3 heterocycles. The molecule has 156 valence electrons. The van der Waals surface area contributed by atoms with E-state index in [1.807, 2.05) is 12.3 Å². The first-order chi connectivity index (χ1) is 14.3. The Morgan fingerprint density at radius 3 is 2.80 bits per heavy atom. The third-order valence-corrected chi connectivity index (χ3v) is 5.32. The molecule has 0 saturated carbocycles. The van der Waals surface area contributed by atoms with E-state index in [-0.39, 0.29) is 5.82 Å². The van der Waals surface area contributed by atoms with Gasteiger partial charge in [0.25, 0.3) is 0 Å². The Hall–Kier alpha value is -3.14. The lowest BCUT2D eigenvalue weighted by molar-refractivity contribution is -0.137. The molecule has 1 aliphatic heterocycles. The van der Waals surface area contributed by atoms with Crippen LogP contribution in [0.15, 0.2) is 41.8 Å². The van der Waals surface area contributed by atoms with Gasteiger partial charge in [-0.05, 0) is 37.6 Å². The van der Waals surface area contributed by atoms with E-state index in [9.17, 15) is 18.0 Å². The number of nitrogens with zero attached hydrogens (tertiary/aromatic N) is 3. The largest absolute Gasteiger partial charge is 0.490 e. The van der Waals surface area contributed by atoms with Crippen LogP contribution in [0.3, 0.4) is 0 Å². The summed E-state index contributed by atoms with van der Waals surface area (Å²) in [5.74, 6) is 0.655. The van der Waals surface area contributed by atoms with Crippen LogP contribution in [0.4, 0.5) is 28.9 Å². The molecule has 30 heavy (non-hydrogen) atoms. The van der Waals surface area contributed by atoms with Gasteiger partial charge in [-0.2, -0.15) is 13.2 Å². The fourth-order valence-electron chi connectivity index (χ4n) is 3.04. The highest BCUT2D eigenvalue weighted by atomic mass is 32.1. The van der Waals surface area contributed by atoms with E-state index in [4.69, 9.17) is 4.74 Å². The standard InChI is InChI=1S/C20H17F3N4O2S/c1-12-11-30-18(24-12)26-19(28)27-8-3-9-29-16-7-6-15(25-17(16)27)13-4-2-5-14(10-13)20(21,22)23/h2,4-7,10-11H,3,8-9H2,1H3,(H,24,26,28). The maximum Gasteiger partial charge on any atom is 0.416 e. The Morgan fingerprint density at radius 1 is 1.23 bits per heavy atom. The first-order valence-electron chi connectivity index (χ1n) is 9.13. The highest BCUT2D eigenvalue weighted by molar-refractivity contribution is 7.13. The molecule has 3 aromatic rings. The van der Waals surface area contributed by atoms with Crippen LogP contribution >= 0.6 is 11.3 Å². The van der Waals surface area contributed by atoms with Crippen molar-refractivity contribution in [3.63, 3.8) is 0 Å². The Labute approximate surface area is 174 Å². The number of amides is 2. The number of fused-ring (bicyclic) bond motifs is 1. The average molecular weight is 434 g/mol. The zero-order valence-corrected chi connectivity index (χ0v) is 16.7. The summed E-state index contributed by atoms with van der Waals surface area (Å²) in [5.41, 5.74) is 0.641. The summed E-state index contributed by atoms with van der Waals surface area (Å²) in [7, 11) is 0. The quantitative estimate of drug-likeness (QED) is 0.590. The minimum Gasteiger partial charge on any atom is -0.490 e. The molecule has 1 aromatic carbocycles. The number of hydrogen-bond acceptors (Lipinski definition) is 5. The molecule has 2 aromatic heterocycles. The number of hydrogen-bond donors (Lipinski definition) is 1. The van der Waals surface area contributed by atoms with Gasteiger partial charge in [-0.3, -0.25) is 10.2 Å². The Bertz CT molecular complexity index is 1080. The zero-order valence-electron chi connectivity index (χ0n) is 15.9. The molecule has 10 heteroatoms. The first-order valence-corrected chi connectivity index (χ1v) is 10.0. The number of rotatable bonds is 2. The van der Waals surface area contributed by atoms with Crippen LogP contribution in [0.2, 0.25) is 0 Å². The van der Waals surface area contributed by atoms with Crippen LogP contribution in [0.1, 0.15) is 17.7 Å². The maximum absolute atomic E-state index is 13.1. The van der Waals surface area contributed by atoms with E-state index < -0.39 is 17.8 Å². The molecule has 0 spiro atoms. The van der Waals surface area contributed by atoms with Gasteiger partial charge < -0.3 is 4.74 Å². The summed E-state index contributed by atoms with van der Waals surface area (Å²) in [6.45, 7) is 2.57. The number of thiazole rings is 1. The van der Waals surface area contributed by atoms with Crippen molar-refractivity contribution in [3.05, 3.63) is 53.0 Å². The van der Waals surface area contributed by atoms with Gasteiger partial charge in [0, 0.05) is 17.5 Å². The molecule has 0 fully saturated rings. The second kappa shape index (κ2) is 7.94. The molecule has 0 unspecified atom stereocenters. The maximum atomic E-state index is 13.1. The van der Waals surface area contributed by atoms with Gasteiger partial charge in [-0.1, -0.05) is 12.1 Å². The molecule has 0 bridgehead atoms. The number of urea groups is 1. The number of benzene rings is 1. The summed E-state index contributed by atoms with van der Waals surface area (Å²) in [5, 5.41) is 5.01. The van der Waals surface area contributed by atoms with Gasteiger partial charge in [0.1, 0.15) is 0 Å². The third kappa shape index (κ3) is 4.23. The summed E-state index contributed by atoms with van der Waals surface area (Å²) >= 11 is 1.30. The number of anilines is 2. The number of aromatic nitrogens is 2. The molecule has 6 nitrogen and oxygen atoms in total. The number of alkyl halides is 3. The fourth-order valence-corrected chi connectivity index (χ4v) is 3.71. The summed E-state index contributed by atoms with van der Waals surface area (Å²) in [6, 6.07) is 7.70. The normalized spacial score (nSPS) is 13.9. The third-order valence-electron chi connectivity index (χ3n) is 4.44. The molecule has 0 atom stereocenters. The molecule has 0 radical (unpaired) electrons. The SMILES string of the molecule is Cc1csc(NC(=O)N2CCCOc3ccc(-c4cccc(C(F)(F)F)c4)nc32)n1. The van der Waals surface area contributed by atoms with Crippen molar-refractivity contribution in [2.45, 2.75) is 19.5 Å². The predicted octanol–water partition coefficient (Wildman–Crippen LogP) is 5.35. The lowest BCUT2D eigenvalue weighted by Gasteiger charge is -2.21. The Balaban J connectivity index is 1.69. The number of aryl methyl sites for hydroxylation is 1. The molecule has 0 saturated heterocycles. The van der Waals surface area contributed by atoms with Crippen molar-refractivity contribution in [1.29, 1.82) is 0 Å². The predicted molar refractivity (Wildman–Crippen MR) is 108 cm³/mol. The Kier molecular flexibility index (Phi) is 5.33. The van der Waals surface area contributed by atoms with Crippen LogP contribution < -0.4 is 15.0 Å². The second-order valence-electron chi connectivity index (χ2n) is 6.67. The van der Waals surface area contributed by atoms with E-state index in [0.717, 1.165) is 17.8 Å². The number of ether oxygens (including phenoxy) is 1. The van der Waals surface area contributed by atoms with E-state index in [1.165, 1.54) is 22.3 Å². The van der Waals surface area contributed by atoms with Gasteiger partial charge in [-0.25, -0.2) is 14.8 Å². The highest BCUT2D eigenvalue weighted by Crippen LogP contribution is 2.35. The van der Waals surface area contributed by atoms with E-state index >= 15 is 0 Å². The summed E-state index contributed by atoms with van der Waals surface area (Å²) < 4.78 is 44.9. The van der Waals surface area contributed by atoms with Crippen molar-refractivity contribution < 1.29 is 22.7 Å². The minimum absolute atomic E-state index is 0.258.